The van der Waals surface area contributed by atoms with Gasteiger partial charge in [0.05, 0.1) is 11.9 Å². The molecule has 1 aliphatic rings. The standard InChI is InChI=1S/C30H34BrN3O6S/c1-21(2)17-32-30(36)26(15-22-7-5-4-6-8-22)33(18-23-9-11-24(31)12-10-23)29(35)19-34(41(3,37)38)25-13-14-27-28(16-25)40-20-39-27/h4-14,16,21,26H,15,17-20H2,1-3H3,(H,32,36)/t26-/m1/s1. The van der Waals surface area contributed by atoms with Crippen LogP contribution < -0.4 is 19.1 Å². The van der Waals surface area contributed by atoms with Gasteiger partial charge in [-0.1, -0.05) is 72.2 Å². The second-order valence-corrected chi connectivity index (χ2v) is 13.1. The van der Waals surface area contributed by atoms with Gasteiger partial charge in [0.25, 0.3) is 0 Å². The SMILES string of the molecule is CC(C)CNC(=O)[C@@H](Cc1ccccc1)N(Cc1ccc(Br)cc1)C(=O)CN(c1ccc2c(c1)OCO2)S(C)(=O)=O. The van der Waals surface area contributed by atoms with Crippen molar-refractivity contribution in [3.63, 3.8) is 0 Å². The van der Waals surface area contributed by atoms with Crippen LogP contribution in [0.1, 0.15) is 25.0 Å². The molecule has 218 valence electrons. The summed E-state index contributed by atoms with van der Waals surface area (Å²) in [5.74, 6) is 0.276. The number of rotatable bonds is 12. The van der Waals surface area contributed by atoms with Crippen molar-refractivity contribution < 1.29 is 27.5 Å². The molecule has 1 heterocycles. The van der Waals surface area contributed by atoms with Gasteiger partial charge in [-0.2, -0.15) is 0 Å². The average Bonchev–Trinajstić information content (AvgIpc) is 3.41. The molecule has 1 atom stereocenters. The first-order valence-corrected chi connectivity index (χ1v) is 15.9. The van der Waals surface area contributed by atoms with Crippen molar-refractivity contribution in [3.8, 4) is 11.5 Å². The van der Waals surface area contributed by atoms with Crippen LogP contribution >= 0.6 is 15.9 Å². The van der Waals surface area contributed by atoms with E-state index in [1.807, 2.05) is 68.4 Å². The molecule has 9 nitrogen and oxygen atoms in total. The second kappa shape index (κ2) is 13.4. The number of ether oxygens (including phenoxy) is 2. The van der Waals surface area contributed by atoms with Gasteiger partial charge in [0, 0.05) is 30.0 Å². The minimum atomic E-state index is -3.89. The van der Waals surface area contributed by atoms with Crippen molar-refractivity contribution in [3.05, 3.63) is 88.4 Å². The molecule has 3 aromatic rings. The average molecular weight is 645 g/mol. The summed E-state index contributed by atoms with van der Waals surface area (Å²) in [4.78, 5) is 29.2. The molecule has 0 spiro atoms. The Labute approximate surface area is 249 Å². The number of nitrogens with zero attached hydrogens (tertiary/aromatic N) is 2. The lowest BCUT2D eigenvalue weighted by atomic mass is 10.0. The zero-order chi connectivity index (χ0) is 29.6. The van der Waals surface area contributed by atoms with Crippen LogP contribution in [0, 0.1) is 5.92 Å². The third-order valence-corrected chi connectivity index (χ3v) is 8.21. The van der Waals surface area contributed by atoms with E-state index in [-0.39, 0.29) is 37.3 Å². The predicted molar refractivity (Wildman–Crippen MR) is 161 cm³/mol. The highest BCUT2D eigenvalue weighted by atomic mass is 79.9. The van der Waals surface area contributed by atoms with Crippen LogP contribution in [0.5, 0.6) is 11.5 Å². The molecule has 0 saturated heterocycles. The minimum absolute atomic E-state index is 0.0320. The Morgan fingerprint density at radius 2 is 1.63 bits per heavy atom. The van der Waals surface area contributed by atoms with E-state index in [2.05, 4.69) is 21.2 Å². The van der Waals surface area contributed by atoms with Gasteiger partial charge in [-0.05, 0) is 41.3 Å². The summed E-state index contributed by atoms with van der Waals surface area (Å²) in [5, 5.41) is 2.97. The molecule has 0 radical (unpaired) electrons. The van der Waals surface area contributed by atoms with E-state index in [1.165, 1.54) is 11.0 Å². The Hall–Kier alpha value is -3.57. The molecular formula is C30H34BrN3O6S. The molecule has 0 aromatic heterocycles. The number of nitrogens with one attached hydrogen (secondary N) is 1. The van der Waals surface area contributed by atoms with Gasteiger partial charge >= 0.3 is 0 Å². The molecule has 3 aromatic carbocycles. The highest BCUT2D eigenvalue weighted by molar-refractivity contribution is 9.10. The first-order chi connectivity index (χ1) is 19.5. The van der Waals surface area contributed by atoms with Gasteiger partial charge in [-0.3, -0.25) is 13.9 Å². The molecule has 2 amide bonds. The predicted octanol–water partition coefficient (Wildman–Crippen LogP) is 4.36. The van der Waals surface area contributed by atoms with Crippen LogP contribution in [0.2, 0.25) is 0 Å². The molecule has 0 unspecified atom stereocenters. The fourth-order valence-electron chi connectivity index (χ4n) is 4.42. The Kier molecular flexibility index (Phi) is 9.93. The Balaban J connectivity index is 1.71. The van der Waals surface area contributed by atoms with Crippen molar-refractivity contribution in [1.29, 1.82) is 0 Å². The Bertz CT molecular complexity index is 1470. The monoisotopic (exact) mass is 643 g/mol. The van der Waals surface area contributed by atoms with Crippen molar-refractivity contribution in [2.24, 2.45) is 5.92 Å². The number of fused-ring (bicyclic) bond motifs is 1. The Morgan fingerprint density at radius 1 is 0.951 bits per heavy atom. The molecule has 1 aliphatic heterocycles. The molecule has 41 heavy (non-hydrogen) atoms. The molecule has 0 aliphatic carbocycles. The number of anilines is 1. The summed E-state index contributed by atoms with van der Waals surface area (Å²) in [5.41, 5.74) is 1.93. The maximum atomic E-state index is 14.1. The first-order valence-electron chi connectivity index (χ1n) is 13.2. The first kappa shape index (κ1) is 30.4. The molecule has 1 N–H and O–H groups in total. The number of halogens is 1. The lowest BCUT2D eigenvalue weighted by Gasteiger charge is -2.33. The van der Waals surface area contributed by atoms with E-state index in [1.54, 1.807) is 12.1 Å². The molecule has 0 fully saturated rings. The number of sulfonamides is 1. The Morgan fingerprint density at radius 3 is 2.29 bits per heavy atom. The second-order valence-electron chi connectivity index (χ2n) is 10.3. The zero-order valence-electron chi connectivity index (χ0n) is 23.2. The largest absolute Gasteiger partial charge is 0.454 e. The lowest BCUT2D eigenvalue weighted by molar-refractivity contribution is -0.140. The molecule has 4 rings (SSSR count). The fourth-order valence-corrected chi connectivity index (χ4v) is 5.52. The smallest absolute Gasteiger partial charge is 0.244 e. The summed E-state index contributed by atoms with van der Waals surface area (Å²) in [6.07, 6.45) is 1.30. The van der Waals surface area contributed by atoms with Crippen molar-refractivity contribution in [2.75, 3.05) is 30.4 Å². The molecule has 0 bridgehead atoms. The van der Waals surface area contributed by atoms with Crippen LogP contribution in [0.25, 0.3) is 0 Å². The summed E-state index contributed by atoms with van der Waals surface area (Å²) in [7, 11) is -3.89. The van der Waals surface area contributed by atoms with Crippen LogP contribution in [0.3, 0.4) is 0 Å². The van der Waals surface area contributed by atoms with E-state index in [9.17, 15) is 18.0 Å². The van der Waals surface area contributed by atoms with E-state index < -0.39 is 28.5 Å². The fraction of sp³-hybridized carbons (Fsp3) is 0.333. The van der Waals surface area contributed by atoms with Gasteiger partial charge in [-0.15, -0.1) is 0 Å². The number of carbonyl (C=O) groups is 2. The highest BCUT2D eigenvalue weighted by Gasteiger charge is 2.33. The van der Waals surface area contributed by atoms with Crippen molar-refractivity contribution in [2.45, 2.75) is 32.9 Å². The number of carbonyl (C=O) groups excluding carboxylic acids is 2. The van der Waals surface area contributed by atoms with Crippen LogP contribution in [-0.2, 0) is 32.6 Å². The lowest BCUT2D eigenvalue weighted by Crippen LogP contribution is -2.53. The van der Waals surface area contributed by atoms with E-state index in [0.717, 1.165) is 26.2 Å². The minimum Gasteiger partial charge on any atom is -0.454 e. The molecule has 0 saturated carbocycles. The highest BCUT2D eigenvalue weighted by Crippen LogP contribution is 2.36. The molecular weight excluding hydrogens is 610 g/mol. The van der Waals surface area contributed by atoms with Gasteiger partial charge in [-0.25, -0.2) is 8.42 Å². The third kappa shape index (κ3) is 8.23. The molecule has 11 heteroatoms. The zero-order valence-corrected chi connectivity index (χ0v) is 25.7. The third-order valence-electron chi connectivity index (χ3n) is 6.55. The van der Waals surface area contributed by atoms with Crippen LogP contribution in [0.15, 0.2) is 77.3 Å². The topological polar surface area (TPSA) is 105 Å². The number of hydrogen-bond acceptors (Lipinski definition) is 6. The van der Waals surface area contributed by atoms with E-state index in [0.29, 0.717) is 18.0 Å². The number of hydrogen-bond donors (Lipinski definition) is 1. The van der Waals surface area contributed by atoms with Crippen molar-refractivity contribution >= 4 is 43.5 Å². The normalized spacial score (nSPS) is 13.1. The summed E-state index contributed by atoms with van der Waals surface area (Å²) in [6.45, 7) is 4.07. The summed E-state index contributed by atoms with van der Waals surface area (Å²) >= 11 is 3.44. The number of amides is 2. The van der Waals surface area contributed by atoms with E-state index >= 15 is 0 Å². The van der Waals surface area contributed by atoms with Gasteiger partial charge < -0.3 is 19.7 Å². The van der Waals surface area contributed by atoms with Crippen LogP contribution in [-0.4, -0.2) is 57.3 Å². The summed E-state index contributed by atoms with van der Waals surface area (Å²) in [6, 6.07) is 20.7. The summed E-state index contributed by atoms with van der Waals surface area (Å²) < 4.78 is 38.6. The number of benzene rings is 3. The maximum absolute atomic E-state index is 14.1. The van der Waals surface area contributed by atoms with E-state index in [4.69, 9.17) is 9.47 Å². The van der Waals surface area contributed by atoms with Crippen LogP contribution in [0.4, 0.5) is 5.69 Å². The maximum Gasteiger partial charge on any atom is 0.244 e. The van der Waals surface area contributed by atoms with Gasteiger partial charge in [0.1, 0.15) is 12.6 Å². The quantitative estimate of drug-likeness (QED) is 0.315. The van der Waals surface area contributed by atoms with Gasteiger partial charge in [0.15, 0.2) is 11.5 Å². The van der Waals surface area contributed by atoms with Gasteiger partial charge in [0.2, 0.25) is 28.6 Å². The van der Waals surface area contributed by atoms with Crippen molar-refractivity contribution in [1.82, 2.24) is 10.2 Å².